The maximum Gasteiger partial charge on any atom is 0.407 e. The van der Waals surface area contributed by atoms with E-state index in [1.165, 1.54) is 0 Å². The van der Waals surface area contributed by atoms with Gasteiger partial charge in [-0.25, -0.2) is 4.79 Å². The molecular weight excluding hydrogens is 270 g/mol. The number of aliphatic carboxylic acids is 1. The van der Waals surface area contributed by atoms with Crippen LogP contribution in [0.1, 0.15) is 60.3 Å². The Morgan fingerprint density at radius 1 is 1.14 bits per heavy atom. The van der Waals surface area contributed by atoms with E-state index in [-0.39, 0.29) is 29.9 Å². The van der Waals surface area contributed by atoms with Gasteiger partial charge in [-0.05, 0) is 58.3 Å². The molecule has 1 aliphatic carbocycles. The second kappa shape index (κ2) is 7.14. The van der Waals surface area contributed by atoms with Gasteiger partial charge in [-0.1, -0.05) is 13.8 Å². The van der Waals surface area contributed by atoms with Crippen LogP contribution in [0.5, 0.6) is 0 Å². The summed E-state index contributed by atoms with van der Waals surface area (Å²) < 4.78 is 5.25. The van der Waals surface area contributed by atoms with Crippen molar-refractivity contribution < 1.29 is 19.4 Å². The van der Waals surface area contributed by atoms with Gasteiger partial charge in [0, 0.05) is 6.04 Å². The lowest BCUT2D eigenvalue weighted by atomic mass is 9.74. The highest BCUT2D eigenvalue weighted by Crippen LogP contribution is 2.34. The second-order valence-corrected chi connectivity index (χ2v) is 7.37. The zero-order chi connectivity index (χ0) is 16.2. The highest BCUT2D eigenvalue weighted by Gasteiger charge is 2.34. The molecule has 21 heavy (non-hydrogen) atoms. The topological polar surface area (TPSA) is 75.6 Å². The van der Waals surface area contributed by atoms with Gasteiger partial charge in [0.25, 0.3) is 0 Å². The Bertz CT molecular complexity index is 365. The molecule has 0 bridgehead atoms. The third kappa shape index (κ3) is 5.94. The van der Waals surface area contributed by atoms with Crippen LogP contribution < -0.4 is 5.32 Å². The Labute approximate surface area is 127 Å². The molecule has 5 nitrogen and oxygen atoms in total. The molecule has 0 heterocycles. The van der Waals surface area contributed by atoms with Gasteiger partial charge in [0.15, 0.2) is 0 Å². The van der Waals surface area contributed by atoms with Gasteiger partial charge in [-0.15, -0.1) is 0 Å². The smallest absolute Gasteiger partial charge is 0.407 e. The maximum atomic E-state index is 11.7. The fraction of sp³-hybridized carbons (Fsp3) is 0.875. The van der Waals surface area contributed by atoms with Gasteiger partial charge >= 0.3 is 12.1 Å². The zero-order valence-corrected chi connectivity index (χ0v) is 13.8. The number of amides is 1. The zero-order valence-electron chi connectivity index (χ0n) is 13.8. The summed E-state index contributed by atoms with van der Waals surface area (Å²) in [7, 11) is 0. The fourth-order valence-corrected chi connectivity index (χ4v) is 3.13. The maximum absolute atomic E-state index is 11.7. The predicted molar refractivity (Wildman–Crippen MR) is 81.1 cm³/mol. The number of carbonyl (C=O) groups is 2. The number of hydrogen-bond donors (Lipinski definition) is 2. The van der Waals surface area contributed by atoms with E-state index in [4.69, 9.17) is 4.74 Å². The first-order valence-electron chi connectivity index (χ1n) is 7.82. The molecule has 1 saturated carbocycles. The number of carbonyl (C=O) groups excluding carboxylic acids is 1. The van der Waals surface area contributed by atoms with Gasteiger partial charge < -0.3 is 15.2 Å². The first-order chi connectivity index (χ1) is 9.60. The Balaban J connectivity index is 2.45. The number of rotatable bonds is 4. The van der Waals surface area contributed by atoms with Crippen LogP contribution in [0.2, 0.25) is 0 Å². The minimum atomic E-state index is -0.700. The van der Waals surface area contributed by atoms with E-state index in [2.05, 4.69) is 5.32 Å². The third-order valence-electron chi connectivity index (χ3n) is 4.00. The SMILES string of the molecule is CC(C)C(C(=O)O)C1CCC(NC(=O)OC(C)(C)C)CC1. The van der Waals surface area contributed by atoms with Crippen LogP contribution in [-0.4, -0.2) is 28.8 Å². The first-order valence-corrected chi connectivity index (χ1v) is 7.82. The number of carboxylic acids is 1. The number of carboxylic acid groups (broad SMARTS) is 1. The third-order valence-corrected chi connectivity index (χ3v) is 4.00. The van der Waals surface area contributed by atoms with E-state index < -0.39 is 11.6 Å². The largest absolute Gasteiger partial charge is 0.481 e. The summed E-state index contributed by atoms with van der Waals surface area (Å²) in [5, 5.41) is 12.2. The minimum absolute atomic E-state index is 0.0951. The summed E-state index contributed by atoms with van der Waals surface area (Å²) in [6.45, 7) is 9.43. The van der Waals surface area contributed by atoms with E-state index in [1.54, 1.807) is 0 Å². The van der Waals surface area contributed by atoms with Crippen molar-refractivity contribution in [3.8, 4) is 0 Å². The van der Waals surface area contributed by atoms with Crippen molar-refractivity contribution in [3.05, 3.63) is 0 Å². The summed E-state index contributed by atoms with van der Waals surface area (Å²) in [6.07, 6.45) is 2.94. The summed E-state index contributed by atoms with van der Waals surface area (Å²) in [5.74, 6) is -0.636. The van der Waals surface area contributed by atoms with Crippen LogP contribution in [0.15, 0.2) is 0 Å². The van der Waals surface area contributed by atoms with Gasteiger partial charge in [0.2, 0.25) is 0 Å². The molecule has 2 N–H and O–H groups in total. The Morgan fingerprint density at radius 2 is 1.67 bits per heavy atom. The molecule has 1 amide bonds. The van der Waals surface area contributed by atoms with Crippen molar-refractivity contribution in [1.29, 1.82) is 0 Å². The summed E-state index contributed by atoms with van der Waals surface area (Å²) in [4.78, 5) is 23.1. The van der Waals surface area contributed by atoms with Crippen LogP contribution in [0, 0.1) is 17.8 Å². The molecule has 122 valence electrons. The van der Waals surface area contributed by atoms with Crippen molar-refractivity contribution >= 4 is 12.1 Å². The lowest BCUT2D eigenvalue weighted by Crippen LogP contribution is -2.42. The van der Waals surface area contributed by atoms with Crippen molar-refractivity contribution in [2.75, 3.05) is 0 Å². The van der Waals surface area contributed by atoms with Gasteiger partial charge in [0.05, 0.1) is 5.92 Å². The molecule has 1 rings (SSSR count). The first kappa shape index (κ1) is 17.8. The van der Waals surface area contributed by atoms with E-state index >= 15 is 0 Å². The number of hydrogen-bond acceptors (Lipinski definition) is 3. The molecule has 1 fully saturated rings. The molecule has 0 aromatic rings. The standard InChI is InChI=1S/C16H29NO4/c1-10(2)13(14(18)19)11-6-8-12(9-7-11)17-15(20)21-16(3,4)5/h10-13H,6-9H2,1-5H3,(H,17,20)(H,18,19). The van der Waals surface area contributed by atoms with Crippen molar-refractivity contribution in [1.82, 2.24) is 5.32 Å². The van der Waals surface area contributed by atoms with Crippen molar-refractivity contribution in [3.63, 3.8) is 0 Å². The van der Waals surface area contributed by atoms with E-state index in [9.17, 15) is 14.7 Å². The average Bonchev–Trinajstić information content (AvgIpc) is 2.27. The molecular formula is C16H29NO4. The number of nitrogens with one attached hydrogen (secondary N) is 1. The van der Waals surface area contributed by atoms with Gasteiger partial charge in [-0.3, -0.25) is 4.79 Å². The molecule has 5 heteroatoms. The molecule has 0 aromatic heterocycles. The van der Waals surface area contributed by atoms with Crippen LogP contribution in [-0.2, 0) is 9.53 Å². The number of alkyl carbamates (subject to hydrolysis) is 1. The molecule has 0 spiro atoms. The normalized spacial score (nSPS) is 24.5. The molecule has 1 aliphatic rings. The molecule has 0 radical (unpaired) electrons. The summed E-state index contributed by atoms with van der Waals surface area (Å²) >= 11 is 0. The van der Waals surface area contributed by atoms with Gasteiger partial charge in [0.1, 0.15) is 5.60 Å². The highest BCUT2D eigenvalue weighted by atomic mass is 16.6. The Morgan fingerprint density at radius 3 is 2.05 bits per heavy atom. The average molecular weight is 299 g/mol. The van der Waals surface area contributed by atoms with Crippen molar-refractivity contribution in [2.45, 2.75) is 71.9 Å². The van der Waals surface area contributed by atoms with E-state index in [0.29, 0.717) is 0 Å². The Hall–Kier alpha value is -1.26. The molecule has 0 aromatic carbocycles. The lowest BCUT2D eigenvalue weighted by Gasteiger charge is -2.34. The molecule has 1 unspecified atom stereocenters. The second-order valence-electron chi connectivity index (χ2n) is 7.37. The minimum Gasteiger partial charge on any atom is -0.481 e. The van der Waals surface area contributed by atoms with Crippen LogP contribution in [0.25, 0.3) is 0 Å². The van der Waals surface area contributed by atoms with Gasteiger partial charge in [-0.2, -0.15) is 0 Å². The fourth-order valence-electron chi connectivity index (χ4n) is 3.13. The number of ether oxygens (including phenoxy) is 1. The van der Waals surface area contributed by atoms with Crippen LogP contribution in [0.4, 0.5) is 4.79 Å². The lowest BCUT2D eigenvalue weighted by molar-refractivity contribution is -0.146. The summed E-state index contributed by atoms with van der Waals surface area (Å²) in [5.41, 5.74) is -0.493. The predicted octanol–water partition coefficient (Wildman–Crippen LogP) is 3.43. The van der Waals surface area contributed by atoms with Crippen LogP contribution in [0.3, 0.4) is 0 Å². The van der Waals surface area contributed by atoms with Crippen LogP contribution >= 0.6 is 0 Å². The molecule has 0 saturated heterocycles. The quantitative estimate of drug-likeness (QED) is 0.834. The van der Waals surface area contributed by atoms with E-state index in [1.807, 2.05) is 34.6 Å². The van der Waals surface area contributed by atoms with E-state index in [0.717, 1.165) is 25.7 Å². The summed E-state index contributed by atoms with van der Waals surface area (Å²) in [6, 6.07) is 0.0951. The molecule has 0 aliphatic heterocycles. The Kier molecular flexibility index (Phi) is 6.05. The van der Waals surface area contributed by atoms with Crippen molar-refractivity contribution in [2.24, 2.45) is 17.8 Å². The molecule has 1 atom stereocenters. The monoisotopic (exact) mass is 299 g/mol. The highest BCUT2D eigenvalue weighted by molar-refractivity contribution is 5.70.